The maximum Gasteiger partial charge on any atom is 0.321 e. The van der Waals surface area contributed by atoms with Gasteiger partial charge in [-0.05, 0) is 57.5 Å². The Morgan fingerprint density at radius 2 is 2.17 bits per heavy atom. The van der Waals surface area contributed by atoms with Gasteiger partial charge in [-0.15, -0.1) is 0 Å². The van der Waals surface area contributed by atoms with Crippen LogP contribution in [0.25, 0.3) is 10.9 Å². The third-order valence-electron chi connectivity index (χ3n) is 5.59. The molecule has 2 aliphatic rings. The lowest BCUT2D eigenvalue weighted by Crippen LogP contribution is -2.44. The van der Waals surface area contributed by atoms with Gasteiger partial charge in [0.15, 0.2) is 0 Å². The highest BCUT2D eigenvalue weighted by Crippen LogP contribution is 2.38. The number of anilines is 1. The van der Waals surface area contributed by atoms with Gasteiger partial charge in [0, 0.05) is 36.1 Å². The van der Waals surface area contributed by atoms with Crippen LogP contribution in [0.3, 0.4) is 0 Å². The quantitative estimate of drug-likeness (QED) is 0.846. The molecule has 0 saturated carbocycles. The van der Waals surface area contributed by atoms with Crippen molar-refractivity contribution in [2.24, 2.45) is 5.41 Å². The Balaban J connectivity index is 1.46. The van der Waals surface area contributed by atoms with Crippen LogP contribution in [0.15, 0.2) is 18.3 Å². The highest BCUT2D eigenvalue weighted by molar-refractivity contribution is 5.93. The van der Waals surface area contributed by atoms with Gasteiger partial charge in [0.05, 0.1) is 11.7 Å². The molecular weight excluding hydrogens is 302 g/mol. The van der Waals surface area contributed by atoms with Crippen molar-refractivity contribution in [3.05, 3.63) is 23.9 Å². The van der Waals surface area contributed by atoms with E-state index in [1.807, 2.05) is 30.2 Å². The summed E-state index contributed by atoms with van der Waals surface area (Å²) in [5, 5.41) is 11.2. The van der Waals surface area contributed by atoms with E-state index >= 15 is 0 Å². The van der Waals surface area contributed by atoms with E-state index in [4.69, 9.17) is 0 Å². The average molecular weight is 327 g/mol. The Morgan fingerprint density at radius 3 is 3.00 bits per heavy atom. The first-order valence-corrected chi connectivity index (χ1v) is 8.73. The van der Waals surface area contributed by atoms with E-state index in [2.05, 4.69) is 27.5 Å². The highest BCUT2D eigenvalue weighted by Gasteiger charge is 2.42. The number of piperidine rings is 1. The summed E-state index contributed by atoms with van der Waals surface area (Å²) in [6, 6.07) is 3.97. The second kappa shape index (κ2) is 5.77. The summed E-state index contributed by atoms with van der Waals surface area (Å²) in [4.78, 5) is 17.1. The summed E-state index contributed by atoms with van der Waals surface area (Å²) >= 11 is 0. The molecule has 6 heteroatoms. The van der Waals surface area contributed by atoms with Crippen molar-refractivity contribution >= 4 is 22.6 Å². The van der Waals surface area contributed by atoms with E-state index < -0.39 is 0 Å². The molecular formula is C18H25N5O. The van der Waals surface area contributed by atoms with E-state index in [1.165, 1.54) is 19.4 Å². The Bertz CT molecular complexity index is 770. The van der Waals surface area contributed by atoms with Crippen molar-refractivity contribution < 1.29 is 4.79 Å². The van der Waals surface area contributed by atoms with Crippen molar-refractivity contribution in [2.45, 2.75) is 26.2 Å². The zero-order valence-electron chi connectivity index (χ0n) is 14.4. The summed E-state index contributed by atoms with van der Waals surface area (Å²) in [6.45, 7) is 6.04. The van der Waals surface area contributed by atoms with Crippen molar-refractivity contribution in [2.75, 3.05) is 38.5 Å². The fourth-order valence-electron chi connectivity index (χ4n) is 4.40. The number of nitrogens with one attached hydrogen (secondary N) is 2. The molecule has 2 aromatic rings. The molecule has 2 N–H and O–H groups in total. The standard InChI is InChI=1S/C18H25N5O/c1-13-8-14(9-16-15(13)10-19-21-16)20-17(24)23-7-5-18(12-23)4-3-6-22(2)11-18/h8-10H,3-7,11-12H2,1-2H3,(H,19,21)(H,20,24)/t18-/m0/s1. The van der Waals surface area contributed by atoms with Gasteiger partial charge in [0.2, 0.25) is 0 Å². The van der Waals surface area contributed by atoms with Crippen molar-refractivity contribution in [1.29, 1.82) is 0 Å². The molecule has 0 unspecified atom stereocenters. The summed E-state index contributed by atoms with van der Waals surface area (Å²) in [5.41, 5.74) is 3.20. The molecule has 3 heterocycles. The van der Waals surface area contributed by atoms with Crippen LogP contribution in [-0.2, 0) is 0 Å². The van der Waals surface area contributed by atoms with Crippen LogP contribution in [0.2, 0.25) is 0 Å². The number of likely N-dealkylation sites (tertiary alicyclic amines) is 2. The van der Waals surface area contributed by atoms with Gasteiger partial charge < -0.3 is 15.1 Å². The van der Waals surface area contributed by atoms with E-state index in [9.17, 15) is 4.79 Å². The maximum atomic E-state index is 12.7. The molecule has 2 amide bonds. The summed E-state index contributed by atoms with van der Waals surface area (Å²) < 4.78 is 0. The lowest BCUT2D eigenvalue weighted by Gasteiger charge is -2.38. The van der Waals surface area contributed by atoms with Crippen molar-refractivity contribution in [3.63, 3.8) is 0 Å². The highest BCUT2D eigenvalue weighted by atomic mass is 16.2. The Labute approximate surface area is 142 Å². The van der Waals surface area contributed by atoms with Gasteiger partial charge in [-0.3, -0.25) is 5.10 Å². The number of H-pyrrole nitrogens is 1. The number of carbonyl (C=O) groups is 1. The molecule has 24 heavy (non-hydrogen) atoms. The molecule has 1 aromatic heterocycles. The topological polar surface area (TPSA) is 64.3 Å². The van der Waals surface area contributed by atoms with Crippen LogP contribution < -0.4 is 5.32 Å². The average Bonchev–Trinajstić information content (AvgIpc) is 3.15. The first-order valence-electron chi connectivity index (χ1n) is 8.73. The van der Waals surface area contributed by atoms with Gasteiger partial charge in [-0.1, -0.05) is 0 Å². The number of hydrogen-bond donors (Lipinski definition) is 2. The van der Waals surface area contributed by atoms with Crippen molar-refractivity contribution in [1.82, 2.24) is 20.0 Å². The van der Waals surface area contributed by atoms with E-state index in [1.54, 1.807) is 0 Å². The number of aryl methyl sites for hydroxylation is 1. The fraction of sp³-hybridized carbons (Fsp3) is 0.556. The van der Waals surface area contributed by atoms with Crippen molar-refractivity contribution in [3.8, 4) is 0 Å². The summed E-state index contributed by atoms with van der Waals surface area (Å²) in [7, 11) is 2.19. The maximum absolute atomic E-state index is 12.7. The number of carbonyl (C=O) groups excluding carboxylic acids is 1. The zero-order valence-corrected chi connectivity index (χ0v) is 14.4. The van der Waals surface area contributed by atoms with Crippen LogP contribution >= 0.6 is 0 Å². The number of urea groups is 1. The fourth-order valence-corrected chi connectivity index (χ4v) is 4.40. The lowest BCUT2D eigenvalue weighted by atomic mass is 9.79. The molecule has 1 aromatic carbocycles. The molecule has 2 fully saturated rings. The molecule has 6 nitrogen and oxygen atoms in total. The number of hydrogen-bond acceptors (Lipinski definition) is 3. The van der Waals surface area contributed by atoms with Crippen LogP contribution in [0, 0.1) is 12.3 Å². The smallest absolute Gasteiger partial charge is 0.321 e. The Morgan fingerprint density at radius 1 is 1.29 bits per heavy atom. The number of rotatable bonds is 1. The van der Waals surface area contributed by atoms with Crippen LogP contribution in [-0.4, -0.2) is 59.3 Å². The monoisotopic (exact) mass is 327 g/mol. The molecule has 0 aliphatic carbocycles. The van der Waals surface area contributed by atoms with Gasteiger partial charge in [0.25, 0.3) is 0 Å². The van der Waals surface area contributed by atoms with Gasteiger partial charge in [-0.25, -0.2) is 4.79 Å². The number of aromatic nitrogens is 2. The summed E-state index contributed by atoms with van der Waals surface area (Å²) in [6.07, 6.45) is 5.41. The minimum atomic E-state index is 0.0124. The van der Waals surface area contributed by atoms with Gasteiger partial charge in [-0.2, -0.15) is 5.10 Å². The second-order valence-electron chi connectivity index (χ2n) is 7.57. The van der Waals surface area contributed by atoms with E-state index in [-0.39, 0.29) is 6.03 Å². The van der Waals surface area contributed by atoms with Gasteiger partial charge >= 0.3 is 6.03 Å². The third-order valence-corrected chi connectivity index (χ3v) is 5.59. The number of nitrogens with zero attached hydrogens (tertiary/aromatic N) is 3. The molecule has 128 valence electrons. The number of fused-ring (bicyclic) bond motifs is 1. The Kier molecular flexibility index (Phi) is 3.72. The molecule has 0 radical (unpaired) electrons. The predicted molar refractivity (Wildman–Crippen MR) is 95.2 cm³/mol. The SMILES string of the molecule is Cc1cc(NC(=O)N2CC[C@]3(CCCN(C)C3)C2)cc2[nH]ncc12. The number of amides is 2. The normalized spacial score (nSPS) is 24.8. The molecule has 1 spiro atoms. The Hall–Kier alpha value is -2.08. The first-order chi connectivity index (χ1) is 11.5. The van der Waals surface area contributed by atoms with Gasteiger partial charge in [0.1, 0.15) is 0 Å². The second-order valence-corrected chi connectivity index (χ2v) is 7.57. The first kappa shape index (κ1) is 15.4. The molecule has 1 atom stereocenters. The number of aromatic amines is 1. The van der Waals surface area contributed by atoms with Crippen LogP contribution in [0.5, 0.6) is 0 Å². The van der Waals surface area contributed by atoms with E-state index in [0.717, 1.165) is 48.2 Å². The minimum absolute atomic E-state index is 0.0124. The molecule has 4 rings (SSSR count). The lowest BCUT2D eigenvalue weighted by molar-refractivity contribution is 0.117. The van der Waals surface area contributed by atoms with E-state index in [0.29, 0.717) is 5.41 Å². The number of benzene rings is 1. The van der Waals surface area contributed by atoms with Crippen LogP contribution in [0.4, 0.5) is 10.5 Å². The molecule has 0 bridgehead atoms. The van der Waals surface area contributed by atoms with Crippen LogP contribution in [0.1, 0.15) is 24.8 Å². The molecule has 2 saturated heterocycles. The zero-order chi connectivity index (χ0) is 16.7. The minimum Gasteiger partial charge on any atom is -0.324 e. The predicted octanol–water partition coefficient (Wildman–Crippen LogP) is 2.82. The summed E-state index contributed by atoms with van der Waals surface area (Å²) in [5.74, 6) is 0. The third kappa shape index (κ3) is 2.75. The largest absolute Gasteiger partial charge is 0.324 e. The molecule has 2 aliphatic heterocycles.